The number of carboxylic acids is 1. The average molecular weight is 270 g/mol. The predicted molar refractivity (Wildman–Crippen MR) is 73.7 cm³/mol. The standard InChI is InChI=1S/C14H26N2O3/c1-14(2,3)12(15)13(19)16-9-5-4-6-10(16)7-8-11(17)18/h10,12H,4-9,15H2,1-3H3,(H,17,18)/t10?,12-/m0/s1. The lowest BCUT2D eigenvalue weighted by atomic mass is 9.85. The molecule has 0 spiro atoms. The number of hydrogen-bond acceptors (Lipinski definition) is 3. The first-order valence-corrected chi connectivity index (χ1v) is 7.01. The highest BCUT2D eigenvalue weighted by atomic mass is 16.4. The van der Waals surface area contributed by atoms with Crippen LogP contribution in [0.1, 0.15) is 52.9 Å². The summed E-state index contributed by atoms with van der Waals surface area (Å²) in [6.07, 6.45) is 3.55. The zero-order valence-corrected chi connectivity index (χ0v) is 12.2. The molecule has 0 aromatic rings. The first-order valence-electron chi connectivity index (χ1n) is 7.01. The van der Waals surface area contributed by atoms with Gasteiger partial charge in [-0.3, -0.25) is 9.59 Å². The molecule has 1 heterocycles. The molecule has 0 aromatic heterocycles. The number of carboxylic acid groups (broad SMARTS) is 1. The van der Waals surface area contributed by atoms with Crippen LogP contribution >= 0.6 is 0 Å². The van der Waals surface area contributed by atoms with Crippen molar-refractivity contribution >= 4 is 11.9 Å². The summed E-state index contributed by atoms with van der Waals surface area (Å²) in [6.45, 7) is 6.55. The lowest BCUT2D eigenvalue weighted by Crippen LogP contribution is -2.54. The third-order valence-electron chi connectivity index (χ3n) is 3.80. The Bertz CT molecular complexity index is 336. The van der Waals surface area contributed by atoms with Gasteiger partial charge >= 0.3 is 5.97 Å². The summed E-state index contributed by atoms with van der Waals surface area (Å²) in [4.78, 5) is 24.9. The highest BCUT2D eigenvalue weighted by molar-refractivity contribution is 5.83. The summed E-state index contributed by atoms with van der Waals surface area (Å²) >= 11 is 0. The Balaban J connectivity index is 2.70. The second-order valence-corrected chi connectivity index (χ2v) is 6.46. The van der Waals surface area contributed by atoms with Crippen molar-refractivity contribution in [3.63, 3.8) is 0 Å². The van der Waals surface area contributed by atoms with Crippen molar-refractivity contribution in [1.82, 2.24) is 4.90 Å². The monoisotopic (exact) mass is 270 g/mol. The average Bonchev–Trinajstić information content (AvgIpc) is 2.33. The van der Waals surface area contributed by atoms with E-state index >= 15 is 0 Å². The predicted octanol–water partition coefficient (Wildman–Crippen LogP) is 1.61. The third kappa shape index (κ3) is 4.49. The van der Waals surface area contributed by atoms with Crippen LogP contribution in [0.25, 0.3) is 0 Å². The van der Waals surface area contributed by atoms with Gasteiger partial charge in [0.15, 0.2) is 0 Å². The van der Waals surface area contributed by atoms with Gasteiger partial charge in [-0.15, -0.1) is 0 Å². The number of aliphatic carboxylic acids is 1. The number of likely N-dealkylation sites (tertiary alicyclic amines) is 1. The van der Waals surface area contributed by atoms with Gasteiger partial charge in [0.05, 0.1) is 6.04 Å². The molecule has 1 aliphatic heterocycles. The Morgan fingerprint density at radius 3 is 2.53 bits per heavy atom. The van der Waals surface area contributed by atoms with E-state index in [-0.39, 0.29) is 23.8 Å². The van der Waals surface area contributed by atoms with E-state index in [9.17, 15) is 9.59 Å². The smallest absolute Gasteiger partial charge is 0.303 e. The summed E-state index contributed by atoms with van der Waals surface area (Å²) in [5, 5.41) is 8.78. The van der Waals surface area contributed by atoms with Gasteiger partial charge in [0.25, 0.3) is 0 Å². The third-order valence-corrected chi connectivity index (χ3v) is 3.80. The van der Waals surface area contributed by atoms with Crippen molar-refractivity contribution in [3.8, 4) is 0 Å². The molecule has 0 saturated carbocycles. The van der Waals surface area contributed by atoms with Crippen molar-refractivity contribution in [2.24, 2.45) is 11.1 Å². The molecule has 0 aliphatic carbocycles. The van der Waals surface area contributed by atoms with Crippen LogP contribution in [-0.2, 0) is 9.59 Å². The molecule has 1 aliphatic rings. The summed E-state index contributed by atoms with van der Waals surface area (Å²) in [6, 6.07) is -0.497. The zero-order valence-electron chi connectivity index (χ0n) is 12.2. The molecule has 5 nitrogen and oxygen atoms in total. The molecule has 1 amide bonds. The molecule has 19 heavy (non-hydrogen) atoms. The molecule has 0 bridgehead atoms. The maximum Gasteiger partial charge on any atom is 0.303 e. The van der Waals surface area contributed by atoms with Gasteiger partial charge in [0, 0.05) is 19.0 Å². The quantitative estimate of drug-likeness (QED) is 0.813. The SMILES string of the molecule is CC(C)(C)[C@@H](N)C(=O)N1CCCCC1CCC(=O)O. The van der Waals surface area contributed by atoms with E-state index in [1.165, 1.54) is 0 Å². The van der Waals surface area contributed by atoms with Crippen LogP contribution in [0.3, 0.4) is 0 Å². The first kappa shape index (κ1) is 16.0. The molecule has 1 fully saturated rings. The Hall–Kier alpha value is -1.10. The number of nitrogens with two attached hydrogens (primary N) is 1. The van der Waals surface area contributed by atoms with Gasteiger partial charge < -0.3 is 15.7 Å². The second-order valence-electron chi connectivity index (χ2n) is 6.46. The normalized spacial score (nSPS) is 22.1. The molecule has 0 radical (unpaired) electrons. The minimum Gasteiger partial charge on any atom is -0.481 e. The van der Waals surface area contributed by atoms with Crippen LogP contribution < -0.4 is 5.73 Å². The Kier molecular flexibility index (Phi) is 5.35. The fourth-order valence-corrected chi connectivity index (χ4v) is 2.43. The molecule has 2 atom stereocenters. The lowest BCUT2D eigenvalue weighted by Gasteiger charge is -2.39. The van der Waals surface area contributed by atoms with E-state index in [0.29, 0.717) is 13.0 Å². The van der Waals surface area contributed by atoms with Gasteiger partial charge in [-0.1, -0.05) is 20.8 Å². The minimum atomic E-state index is -0.807. The van der Waals surface area contributed by atoms with Crippen molar-refractivity contribution < 1.29 is 14.7 Å². The van der Waals surface area contributed by atoms with Gasteiger partial charge in [-0.2, -0.15) is 0 Å². The Labute approximate surface area is 115 Å². The second kappa shape index (κ2) is 6.37. The summed E-state index contributed by atoms with van der Waals surface area (Å²) in [5.74, 6) is -0.847. The van der Waals surface area contributed by atoms with E-state index in [4.69, 9.17) is 10.8 Å². The molecule has 1 rings (SSSR count). The highest BCUT2D eigenvalue weighted by Crippen LogP contribution is 2.25. The molecule has 0 aromatic carbocycles. The summed E-state index contributed by atoms with van der Waals surface area (Å²) < 4.78 is 0. The number of carbonyl (C=O) groups excluding carboxylic acids is 1. The molecular formula is C14H26N2O3. The van der Waals surface area contributed by atoms with Crippen LogP contribution in [-0.4, -0.2) is 40.5 Å². The summed E-state index contributed by atoms with van der Waals surface area (Å²) in [5.41, 5.74) is 5.76. The fraction of sp³-hybridized carbons (Fsp3) is 0.857. The molecule has 110 valence electrons. The molecular weight excluding hydrogens is 244 g/mol. The zero-order chi connectivity index (χ0) is 14.6. The van der Waals surface area contributed by atoms with Crippen LogP contribution in [0, 0.1) is 5.41 Å². The van der Waals surface area contributed by atoms with Crippen LogP contribution in [0.4, 0.5) is 0 Å². The maximum atomic E-state index is 12.5. The topological polar surface area (TPSA) is 83.6 Å². The largest absolute Gasteiger partial charge is 0.481 e. The minimum absolute atomic E-state index is 0.0331. The molecule has 1 unspecified atom stereocenters. The molecule has 5 heteroatoms. The summed E-state index contributed by atoms with van der Waals surface area (Å²) in [7, 11) is 0. The number of rotatable bonds is 4. The maximum absolute atomic E-state index is 12.5. The van der Waals surface area contributed by atoms with Crippen molar-refractivity contribution in [2.45, 2.75) is 65.0 Å². The molecule has 3 N–H and O–H groups in total. The molecule has 1 saturated heterocycles. The van der Waals surface area contributed by atoms with Gasteiger partial charge in [-0.05, 0) is 31.1 Å². The van der Waals surface area contributed by atoms with E-state index in [1.807, 2.05) is 25.7 Å². The number of nitrogens with zero attached hydrogens (tertiary/aromatic N) is 1. The van der Waals surface area contributed by atoms with Gasteiger partial charge in [0.1, 0.15) is 0 Å². The lowest BCUT2D eigenvalue weighted by molar-refractivity contribution is -0.142. The van der Waals surface area contributed by atoms with E-state index in [2.05, 4.69) is 0 Å². The van der Waals surface area contributed by atoms with Crippen molar-refractivity contribution in [1.29, 1.82) is 0 Å². The fourth-order valence-electron chi connectivity index (χ4n) is 2.43. The van der Waals surface area contributed by atoms with Gasteiger partial charge in [0.2, 0.25) is 5.91 Å². The van der Waals surface area contributed by atoms with Crippen molar-refractivity contribution in [3.05, 3.63) is 0 Å². The van der Waals surface area contributed by atoms with Crippen LogP contribution in [0.5, 0.6) is 0 Å². The number of piperidine rings is 1. The van der Waals surface area contributed by atoms with E-state index in [0.717, 1.165) is 19.3 Å². The number of hydrogen-bond donors (Lipinski definition) is 2. The number of amides is 1. The Morgan fingerprint density at radius 1 is 1.37 bits per heavy atom. The van der Waals surface area contributed by atoms with Crippen LogP contribution in [0.15, 0.2) is 0 Å². The highest BCUT2D eigenvalue weighted by Gasteiger charge is 2.35. The Morgan fingerprint density at radius 2 is 2.00 bits per heavy atom. The van der Waals surface area contributed by atoms with Gasteiger partial charge in [-0.25, -0.2) is 0 Å². The number of carbonyl (C=O) groups is 2. The van der Waals surface area contributed by atoms with Crippen LogP contribution in [0.2, 0.25) is 0 Å². The van der Waals surface area contributed by atoms with Crippen molar-refractivity contribution in [2.75, 3.05) is 6.54 Å². The first-order chi connectivity index (χ1) is 8.73. The van der Waals surface area contributed by atoms with E-state index < -0.39 is 12.0 Å². The van der Waals surface area contributed by atoms with E-state index in [1.54, 1.807) is 0 Å².